The smallest absolute Gasteiger partial charge is 0.255 e. The number of hydrogen-bond donors (Lipinski definition) is 1. The van der Waals surface area contributed by atoms with Crippen molar-refractivity contribution in [3.05, 3.63) is 98.0 Å². The summed E-state index contributed by atoms with van der Waals surface area (Å²) in [6, 6.07) is 19.5. The molecular formula is C22H15Cl3N2O. The highest BCUT2D eigenvalue weighted by atomic mass is 35.5. The molecule has 1 atom stereocenters. The molecule has 0 saturated heterocycles. The van der Waals surface area contributed by atoms with Crippen molar-refractivity contribution in [2.24, 2.45) is 0 Å². The van der Waals surface area contributed by atoms with Crippen LogP contribution in [0.4, 0.5) is 5.69 Å². The molecule has 0 spiro atoms. The summed E-state index contributed by atoms with van der Waals surface area (Å²) in [5.74, 6) is -0.803. The van der Waals surface area contributed by atoms with Crippen molar-refractivity contribution >= 4 is 46.4 Å². The number of nitrogens with one attached hydrogen (secondary N) is 1. The molecule has 140 valence electrons. The van der Waals surface area contributed by atoms with Gasteiger partial charge >= 0.3 is 0 Å². The standard InChI is InChI=1S/C22H15Cl3N2O/c1-13-10-18(19(12-26)14-2-6-16(23)7-3-14)20(25)11-21(13)27-22(28)15-4-8-17(24)9-5-15/h2-11,19H,1H3,(H,27,28)/t19-/m0/s1. The molecular weight excluding hydrogens is 415 g/mol. The van der Waals surface area contributed by atoms with Crippen LogP contribution in [0, 0.1) is 18.3 Å². The molecule has 3 aromatic carbocycles. The van der Waals surface area contributed by atoms with E-state index in [-0.39, 0.29) is 5.91 Å². The predicted molar refractivity (Wildman–Crippen MR) is 115 cm³/mol. The third-order valence-corrected chi connectivity index (χ3v) is 5.17. The Morgan fingerprint density at radius 3 is 2.11 bits per heavy atom. The Morgan fingerprint density at radius 1 is 0.964 bits per heavy atom. The van der Waals surface area contributed by atoms with E-state index in [0.29, 0.717) is 31.9 Å². The van der Waals surface area contributed by atoms with Crippen LogP contribution in [0.5, 0.6) is 0 Å². The number of carbonyl (C=O) groups excluding carboxylic acids is 1. The van der Waals surface area contributed by atoms with Crippen LogP contribution >= 0.6 is 34.8 Å². The lowest BCUT2D eigenvalue weighted by atomic mass is 9.91. The summed E-state index contributed by atoms with van der Waals surface area (Å²) >= 11 is 18.3. The minimum absolute atomic E-state index is 0.266. The number of halogens is 3. The van der Waals surface area contributed by atoms with Gasteiger partial charge in [0.2, 0.25) is 0 Å². The van der Waals surface area contributed by atoms with Gasteiger partial charge in [0.15, 0.2) is 0 Å². The van der Waals surface area contributed by atoms with Crippen LogP contribution in [-0.2, 0) is 0 Å². The number of aryl methyl sites for hydroxylation is 1. The van der Waals surface area contributed by atoms with Crippen LogP contribution in [-0.4, -0.2) is 5.91 Å². The molecule has 0 radical (unpaired) electrons. The number of rotatable bonds is 4. The van der Waals surface area contributed by atoms with Gasteiger partial charge in [-0.2, -0.15) is 5.26 Å². The predicted octanol–water partition coefficient (Wildman–Crippen LogP) is 6.86. The summed E-state index contributed by atoms with van der Waals surface area (Å²) in [5.41, 5.74) is 3.34. The lowest BCUT2D eigenvalue weighted by molar-refractivity contribution is 0.102. The Kier molecular flexibility index (Phi) is 6.26. The largest absolute Gasteiger partial charge is 0.322 e. The highest BCUT2D eigenvalue weighted by molar-refractivity contribution is 6.32. The van der Waals surface area contributed by atoms with Gasteiger partial charge < -0.3 is 5.32 Å². The Labute approximate surface area is 178 Å². The topological polar surface area (TPSA) is 52.9 Å². The molecule has 0 saturated carbocycles. The number of hydrogen-bond acceptors (Lipinski definition) is 2. The molecule has 0 aliphatic carbocycles. The molecule has 0 heterocycles. The number of amides is 1. The Bertz CT molecular complexity index is 1050. The van der Waals surface area contributed by atoms with E-state index in [4.69, 9.17) is 34.8 Å². The summed E-state index contributed by atoms with van der Waals surface area (Å²) in [5, 5.41) is 14.1. The van der Waals surface area contributed by atoms with E-state index in [9.17, 15) is 10.1 Å². The van der Waals surface area contributed by atoms with Gasteiger partial charge in [-0.3, -0.25) is 4.79 Å². The number of carbonyl (C=O) groups is 1. The van der Waals surface area contributed by atoms with Crippen LogP contribution in [0.1, 0.15) is 33.0 Å². The number of benzene rings is 3. The van der Waals surface area contributed by atoms with Gasteiger partial charge in [-0.15, -0.1) is 0 Å². The van der Waals surface area contributed by atoms with Gasteiger partial charge in [-0.25, -0.2) is 0 Å². The molecule has 3 aromatic rings. The highest BCUT2D eigenvalue weighted by Crippen LogP contribution is 2.34. The van der Waals surface area contributed by atoms with E-state index in [2.05, 4.69) is 11.4 Å². The average Bonchev–Trinajstić information content (AvgIpc) is 2.68. The summed E-state index contributed by atoms with van der Waals surface area (Å²) in [6.45, 7) is 1.85. The lowest BCUT2D eigenvalue weighted by Crippen LogP contribution is -2.13. The molecule has 3 nitrogen and oxygen atoms in total. The van der Waals surface area contributed by atoms with E-state index in [1.807, 2.05) is 13.0 Å². The van der Waals surface area contributed by atoms with E-state index in [1.165, 1.54) is 0 Å². The minimum Gasteiger partial charge on any atom is -0.322 e. The minimum atomic E-state index is -0.538. The zero-order valence-electron chi connectivity index (χ0n) is 14.8. The van der Waals surface area contributed by atoms with E-state index in [0.717, 1.165) is 11.1 Å². The van der Waals surface area contributed by atoms with Gasteiger partial charge in [0.05, 0.1) is 12.0 Å². The molecule has 1 N–H and O–H groups in total. The van der Waals surface area contributed by atoms with Crippen molar-refractivity contribution in [2.75, 3.05) is 5.32 Å². The molecule has 1 amide bonds. The van der Waals surface area contributed by atoms with Gasteiger partial charge in [0, 0.05) is 26.3 Å². The summed E-state index contributed by atoms with van der Waals surface area (Å²) in [4.78, 5) is 12.5. The van der Waals surface area contributed by atoms with Crippen molar-refractivity contribution in [2.45, 2.75) is 12.8 Å². The first-order valence-corrected chi connectivity index (χ1v) is 9.54. The van der Waals surface area contributed by atoms with Gasteiger partial charge in [-0.05, 0) is 66.1 Å². The van der Waals surface area contributed by atoms with Crippen LogP contribution in [0.15, 0.2) is 60.7 Å². The maximum atomic E-state index is 12.5. The monoisotopic (exact) mass is 428 g/mol. The maximum absolute atomic E-state index is 12.5. The number of nitrogens with zero attached hydrogens (tertiary/aromatic N) is 1. The third kappa shape index (κ3) is 4.48. The number of nitriles is 1. The second kappa shape index (κ2) is 8.67. The Balaban J connectivity index is 1.90. The first-order valence-electron chi connectivity index (χ1n) is 8.41. The van der Waals surface area contributed by atoms with Gasteiger partial charge in [0.1, 0.15) is 0 Å². The summed E-state index contributed by atoms with van der Waals surface area (Å²) in [7, 11) is 0. The zero-order chi connectivity index (χ0) is 20.3. The van der Waals surface area contributed by atoms with Crippen LogP contribution in [0.2, 0.25) is 15.1 Å². The Morgan fingerprint density at radius 2 is 1.54 bits per heavy atom. The van der Waals surface area contributed by atoms with Crippen molar-refractivity contribution in [3.63, 3.8) is 0 Å². The van der Waals surface area contributed by atoms with E-state index in [1.54, 1.807) is 54.6 Å². The van der Waals surface area contributed by atoms with Crippen LogP contribution < -0.4 is 5.32 Å². The fraction of sp³-hybridized carbons (Fsp3) is 0.0909. The number of anilines is 1. The average molecular weight is 430 g/mol. The normalized spacial score (nSPS) is 11.5. The first kappa shape index (κ1) is 20.2. The molecule has 28 heavy (non-hydrogen) atoms. The van der Waals surface area contributed by atoms with Crippen molar-refractivity contribution in [1.82, 2.24) is 0 Å². The molecule has 0 bridgehead atoms. The van der Waals surface area contributed by atoms with Gasteiger partial charge in [0.25, 0.3) is 5.91 Å². The first-order chi connectivity index (χ1) is 13.4. The second-order valence-electron chi connectivity index (χ2n) is 6.26. The molecule has 0 aromatic heterocycles. The molecule has 0 fully saturated rings. The van der Waals surface area contributed by atoms with E-state index < -0.39 is 5.92 Å². The molecule has 3 rings (SSSR count). The fourth-order valence-corrected chi connectivity index (χ4v) is 3.36. The van der Waals surface area contributed by atoms with Crippen molar-refractivity contribution in [3.8, 4) is 6.07 Å². The van der Waals surface area contributed by atoms with Crippen LogP contribution in [0.25, 0.3) is 0 Å². The third-order valence-electron chi connectivity index (χ3n) is 4.34. The van der Waals surface area contributed by atoms with Crippen molar-refractivity contribution < 1.29 is 4.79 Å². The fourth-order valence-electron chi connectivity index (χ4n) is 2.83. The summed E-state index contributed by atoms with van der Waals surface area (Å²) in [6.07, 6.45) is 0. The lowest BCUT2D eigenvalue weighted by Gasteiger charge is -2.16. The van der Waals surface area contributed by atoms with Crippen molar-refractivity contribution in [1.29, 1.82) is 5.26 Å². The molecule has 0 aliphatic rings. The molecule has 0 aliphatic heterocycles. The molecule has 6 heteroatoms. The maximum Gasteiger partial charge on any atom is 0.255 e. The highest BCUT2D eigenvalue weighted by Gasteiger charge is 2.19. The van der Waals surface area contributed by atoms with Crippen LogP contribution in [0.3, 0.4) is 0 Å². The van der Waals surface area contributed by atoms with E-state index >= 15 is 0 Å². The zero-order valence-corrected chi connectivity index (χ0v) is 17.1. The molecule has 0 unspecified atom stereocenters. The second-order valence-corrected chi connectivity index (χ2v) is 7.54. The SMILES string of the molecule is Cc1cc([C@@H](C#N)c2ccc(Cl)cc2)c(Cl)cc1NC(=O)c1ccc(Cl)cc1. The Hall–Kier alpha value is -2.51. The quantitative estimate of drug-likeness (QED) is 0.492. The summed E-state index contributed by atoms with van der Waals surface area (Å²) < 4.78 is 0. The van der Waals surface area contributed by atoms with Gasteiger partial charge in [-0.1, -0.05) is 53.0 Å².